The zero-order valence-corrected chi connectivity index (χ0v) is 9.64. The Morgan fingerprint density at radius 1 is 1.27 bits per heavy atom. The van der Waals surface area contributed by atoms with Crippen molar-refractivity contribution >= 4 is 0 Å². The summed E-state index contributed by atoms with van der Waals surface area (Å²) in [6.45, 7) is 2.96. The van der Waals surface area contributed by atoms with E-state index in [1.54, 1.807) is 0 Å². The first kappa shape index (κ1) is 10.1. The first-order chi connectivity index (χ1) is 7.05. The van der Waals surface area contributed by atoms with Crippen LogP contribution in [0.5, 0.6) is 0 Å². The summed E-state index contributed by atoms with van der Waals surface area (Å²) in [5.74, 6) is 1.86. The van der Waals surface area contributed by atoms with Crippen molar-refractivity contribution in [3.8, 4) is 0 Å². The van der Waals surface area contributed by atoms with Gasteiger partial charge in [0.25, 0.3) is 0 Å². The molecular weight excluding hydrogens is 189 g/mol. The maximum atomic E-state index is 14.6. The van der Waals surface area contributed by atoms with Gasteiger partial charge < -0.3 is 5.73 Å². The molecule has 1 nitrogen and oxygen atoms in total. The van der Waals surface area contributed by atoms with Gasteiger partial charge in [0.2, 0.25) is 0 Å². The molecule has 0 aromatic rings. The number of nitrogens with two attached hydrogens (primary N) is 1. The van der Waals surface area contributed by atoms with Gasteiger partial charge in [-0.1, -0.05) is 6.92 Å². The molecule has 0 aromatic heterocycles. The van der Waals surface area contributed by atoms with Crippen molar-refractivity contribution in [2.24, 2.45) is 28.9 Å². The molecule has 0 saturated heterocycles. The van der Waals surface area contributed by atoms with E-state index in [0.717, 1.165) is 25.8 Å². The Morgan fingerprint density at radius 3 is 2.33 bits per heavy atom. The standard InChI is InChI=1S/C13H22FN/c1-9(7-15)12-3-10-2-11(4-12)6-13(14,5-10)8-12/h9-11H,2-8,15H2,1H3/t9-,10?,11?,12?,13?/m0/s1. The van der Waals surface area contributed by atoms with Crippen LogP contribution < -0.4 is 5.73 Å². The summed E-state index contributed by atoms with van der Waals surface area (Å²) in [6.07, 6.45) is 6.32. The van der Waals surface area contributed by atoms with Crippen LogP contribution in [0.15, 0.2) is 0 Å². The van der Waals surface area contributed by atoms with E-state index in [4.69, 9.17) is 5.73 Å². The maximum absolute atomic E-state index is 14.6. The predicted molar refractivity (Wildman–Crippen MR) is 59.2 cm³/mol. The zero-order chi connectivity index (χ0) is 10.7. The second-order valence-electron chi connectivity index (χ2n) is 6.61. The van der Waals surface area contributed by atoms with Gasteiger partial charge in [-0.2, -0.15) is 0 Å². The molecule has 4 saturated carbocycles. The molecule has 0 aromatic carbocycles. The lowest BCUT2D eigenvalue weighted by Crippen LogP contribution is -2.56. The fourth-order valence-electron chi connectivity index (χ4n) is 5.05. The molecule has 2 heteroatoms. The molecule has 0 amide bonds. The Labute approximate surface area is 91.6 Å². The fourth-order valence-corrected chi connectivity index (χ4v) is 5.05. The van der Waals surface area contributed by atoms with Crippen molar-refractivity contribution in [2.75, 3.05) is 6.54 Å². The third-order valence-electron chi connectivity index (χ3n) is 5.43. The zero-order valence-electron chi connectivity index (χ0n) is 9.64. The van der Waals surface area contributed by atoms with Crippen molar-refractivity contribution in [1.29, 1.82) is 0 Å². The van der Waals surface area contributed by atoms with Crippen LogP contribution in [0.3, 0.4) is 0 Å². The lowest BCUT2D eigenvalue weighted by Gasteiger charge is -2.61. The molecule has 2 unspecified atom stereocenters. The van der Waals surface area contributed by atoms with E-state index >= 15 is 0 Å². The van der Waals surface area contributed by atoms with Gasteiger partial charge in [0.15, 0.2) is 0 Å². The predicted octanol–water partition coefficient (Wildman–Crippen LogP) is 2.89. The highest BCUT2D eigenvalue weighted by atomic mass is 19.1. The maximum Gasteiger partial charge on any atom is 0.112 e. The molecule has 3 atom stereocenters. The lowest BCUT2D eigenvalue weighted by atomic mass is 9.46. The second-order valence-corrected chi connectivity index (χ2v) is 6.61. The van der Waals surface area contributed by atoms with E-state index in [0.29, 0.717) is 17.8 Å². The Kier molecular flexibility index (Phi) is 1.99. The van der Waals surface area contributed by atoms with Gasteiger partial charge in [-0.25, -0.2) is 4.39 Å². The van der Waals surface area contributed by atoms with Crippen molar-refractivity contribution in [3.05, 3.63) is 0 Å². The summed E-state index contributed by atoms with van der Waals surface area (Å²) >= 11 is 0. The molecule has 0 aliphatic heterocycles. The normalized spacial score (nSPS) is 54.6. The highest BCUT2D eigenvalue weighted by molar-refractivity contribution is 5.09. The Morgan fingerprint density at radius 2 is 1.87 bits per heavy atom. The molecule has 2 N–H and O–H groups in total. The average Bonchev–Trinajstić information content (AvgIpc) is 2.12. The Bertz CT molecular complexity index is 262. The summed E-state index contributed by atoms with van der Waals surface area (Å²) in [6, 6.07) is 0. The van der Waals surface area contributed by atoms with Gasteiger partial charge in [-0.15, -0.1) is 0 Å². The van der Waals surface area contributed by atoms with E-state index < -0.39 is 5.67 Å². The molecule has 0 radical (unpaired) electrons. The molecule has 4 bridgehead atoms. The van der Waals surface area contributed by atoms with Crippen LogP contribution in [-0.4, -0.2) is 12.2 Å². The van der Waals surface area contributed by atoms with E-state index in [2.05, 4.69) is 6.92 Å². The molecular formula is C13H22FN. The first-order valence-electron chi connectivity index (χ1n) is 6.44. The summed E-state index contributed by atoms with van der Waals surface area (Å²) in [7, 11) is 0. The summed E-state index contributed by atoms with van der Waals surface area (Å²) in [4.78, 5) is 0. The van der Waals surface area contributed by atoms with Gasteiger partial charge in [0, 0.05) is 0 Å². The van der Waals surface area contributed by atoms with Crippen molar-refractivity contribution in [1.82, 2.24) is 0 Å². The molecule has 0 spiro atoms. The monoisotopic (exact) mass is 211 g/mol. The number of hydrogen-bond acceptors (Lipinski definition) is 1. The molecule has 4 aliphatic carbocycles. The van der Waals surface area contributed by atoms with Crippen LogP contribution in [0.2, 0.25) is 0 Å². The number of halogens is 1. The largest absolute Gasteiger partial charge is 0.330 e. The Hall–Kier alpha value is -0.110. The Balaban J connectivity index is 1.92. The molecule has 15 heavy (non-hydrogen) atoms. The first-order valence-corrected chi connectivity index (χ1v) is 6.44. The molecule has 4 fully saturated rings. The number of alkyl halides is 1. The lowest BCUT2D eigenvalue weighted by molar-refractivity contribution is -0.142. The summed E-state index contributed by atoms with van der Waals surface area (Å²) < 4.78 is 14.6. The fraction of sp³-hybridized carbons (Fsp3) is 1.00. The van der Waals surface area contributed by atoms with Crippen LogP contribution in [-0.2, 0) is 0 Å². The van der Waals surface area contributed by atoms with Crippen molar-refractivity contribution < 1.29 is 4.39 Å². The number of rotatable bonds is 2. The quantitative estimate of drug-likeness (QED) is 0.746. The van der Waals surface area contributed by atoms with Crippen LogP contribution in [0, 0.1) is 23.2 Å². The van der Waals surface area contributed by atoms with E-state index in [1.165, 1.54) is 19.3 Å². The smallest absolute Gasteiger partial charge is 0.112 e. The molecule has 86 valence electrons. The van der Waals surface area contributed by atoms with Gasteiger partial charge in [-0.05, 0) is 68.2 Å². The minimum absolute atomic E-state index is 0.271. The van der Waals surface area contributed by atoms with Gasteiger partial charge in [-0.3, -0.25) is 0 Å². The van der Waals surface area contributed by atoms with Gasteiger partial charge in [0.05, 0.1) is 0 Å². The highest BCUT2D eigenvalue weighted by Gasteiger charge is 2.59. The summed E-state index contributed by atoms with van der Waals surface area (Å²) in [5.41, 5.74) is 5.27. The van der Waals surface area contributed by atoms with Crippen LogP contribution in [0.25, 0.3) is 0 Å². The third kappa shape index (κ3) is 1.37. The van der Waals surface area contributed by atoms with E-state index in [1.807, 2.05) is 0 Å². The molecule has 0 heterocycles. The minimum atomic E-state index is -0.812. The average molecular weight is 211 g/mol. The molecule has 4 aliphatic rings. The van der Waals surface area contributed by atoms with Crippen molar-refractivity contribution in [2.45, 2.75) is 51.1 Å². The highest BCUT2D eigenvalue weighted by Crippen LogP contribution is 2.65. The summed E-state index contributed by atoms with van der Waals surface area (Å²) in [5, 5.41) is 0. The molecule has 4 rings (SSSR count). The SMILES string of the molecule is C[C@@H](CN)C12CC3CC(CC(F)(C3)C1)C2. The van der Waals surface area contributed by atoms with Crippen LogP contribution in [0.1, 0.15) is 45.4 Å². The topological polar surface area (TPSA) is 26.0 Å². The van der Waals surface area contributed by atoms with Crippen LogP contribution >= 0.6 is 0 Å². The van der Waals surface area contributed by atoms with Crippen molar-refractivity contribution in [3.63, 3.8) is 0 Å². The minimum Gasteiger partial charge on any atom is -0.330 e. The van der Waals surface area contributed by atoms with E-state index in [-0.39, 0.29) is 5.41 Å². The van der Waals surface area contributed by atoms with E-state index in [9.17, 15) is 4.39 Å². The number of hydrogen-bond donors (Lipinski definition) is 1. The van der Waals surface area contributed by atoms with Crippen LogP contribution in [0.4, 0.5) is 4.39 Å². The van der Waals surface area contributed by atoms with Gasteiger partial charge in [0.1, 0.15) is 5.67 Å². The second kappa shape index (κ2) is 2.97. The van der Waals surface area contributed by atoms with Gasteiger partial charge >= 0.3 is 0 Å². The third-order valence-corrected chi connectivity index (χ3v) is 5.43.